The molecule has 0 aliphatic carbocycles. The average molecular weight is 335 g/mol. The fourth-order valence-electron chi connectivity index (χ4n) is 1.92. The molecule has 1 atom stereocenters. The number of aliphatic hydroxyl groups excluding tert-OH is 1. The number of ketones is 1. The van der Waals surface area contributed by atoms with Crippen molar-refractivity contribution >= 4 is 21.7 Å². The van der Waals surface area contributed by atoms with E-state index in [-0.39, 0.29) is 12.2 Å². The van der Waals surface area contributed by atoms with Crippen LogP contribution < -0.4 is 4.74 Å². The van der Waals surface area contributed by atoms with Crippen molar-refractivity contribution < 1.29 is 14.6 Å². The topological polar surface area (TPSA) is 46.5 Å². The molecule has 3 nitrogen and oxygen atoms in total. The first-order chi connectivity index (χ1) is 9.61. The number of ether oxygens (including phenoxy) is 1. The van der Waals surface area contributed by atoms with E-state index in [1.54, 1.807) is 37.4 Å². The van der Waals surface area contributed by atoms with E-state index in [0.29, 0.717) is 11.3 Å². The minimum atomic E-state index is -1.10. The Balaban J connectivity index is 2.15. The SMILES string of the molecule is COc1ccc(Br)c(CC(=O)C(O)c2ccccc2)c1. The first-order valence-corrected chi connectivity index (χ1v) is 6.99. The van der Waals surface area contributed by atoms with Crippen LogP contribution in [0, 0.1) is 0 Å². The third kappa shape index (κ3) is 3.46. The van der Waals surface area contributed by atoms with E-state index in [1.165, 1.54) is 0 Å². The third-order valence-electron chi connectivity index (χ3n) is 3.04. The normalized spacial score (nSPS) is 11.9. The summed E-state index contributed by atoms with van der Waals surface area (Å²) in [4.78, 5) is 12.2. The lowest BCUT2D eigenvalue weighted by Crippen LogP contribution is -2.14. The molecule has 0 fully saturated rings. The zero-order valence-corrected chi connectivity index (χ0v) is 12.6. The lowest BCUT2D eigenvalue weighted by atomic mass is 10.00. The predicted octanol–water partition coefficient (Wildman–Crippen LogP) is 3.30. The van der Waals surface area contributed by atoms with Crippen molar-refractivity contribution in [3.05, 3.63) is 64.1 Å². The molecular weight excluding hydrogens is 320 g/mol. The Morgan fingerprint density at radius 3 is 2.60 bits per heavy atom. The van der Waals surface area contributed by atoms with Gasteiger partial charge in [0, 0.05) is 10.9 Å². The molecule has 0 saturated carbocycles. The Morgan fingerprint density at radius 1 is 1.25 bits per heavy atom. The molecule has 1 N–H and O–H groups in total. The summed E-state index contributed by atoms with van der Waals surface area (Å²) in [5.41, 5.74) is 1.40. The number of hydrogen-bond donors (Lipinski definition) is 1. The van der Waals surface area contributed by atoms with Crippen LogP contribution in [0.5, 0.6) is 5.75 Å². The third-order valence-corrected chi connectivity index (χ3v) is 3.81. The lowest BCUT2D eigenvalue weighted by molar-refractivity contribution is -0.126. The van der Waals surface area contributed by atoms with Crippen LogP contribution >= 0.6 is 15.9 Å². The molecule has 0 aliphatic heterocycles. The van der Waals surface area contributed by atoms with Crippen LogP contribution in [0.15, 0.2) is 53.0 Å². The molecule has 0 amide bonds. The van der Waals surface area contributed by atoms with E-state index in [0.717, 1.165) is 10.0 Å². The van der Waals surface area contributed by atoms with Crippen molar-refractivity contribution in [2.75, 3.05) is 7.11 Å². The van der Waals surface area contributed by atoms with Crippen molar-refractivity contribution in [2.24, 2.45) is 0 Å². The van der Waals surface area contributed by atoms with Gasteiger partial charge < -0.3 is 9.84 Å². The molecule has 2 aromatic rings. The minimum Gasteiger partial charge on any atom is -0.497 e. The Labute approximate surface area is 126 Å². The summed E-state index contributed by atoms with van der Waals surface area (Å²) < 4.78 is 5.97. The number of carbonyl (C=O) groups is 1. The Kier molecular flexibility index (Phi) is 4.93. The van der Waals surface area contributed by atoms with Crippen LogP contribution in [-0.2, 0) is 11.2 Å². The quantitative estimate of drug-likeness (QED) is 0.912. The van der Waals surface area contributed by atoms with Crippen LogP contribution in [0.4, 0.5) is 0 Å². The molecule has 0 heterocycles. The van der Waals surface area contributed by atoms with Crippen LogP contribution in [0.25, 0.3) is 0 Å². The smallest absolute Gasteiger partial charge is 0.170 e. The molecule has 104 valence electrons. The lowest BCUT2D eigenvalue weighted by Gasteiger charge is -2.11. The fourth-order valence-corrected chi connectivity index (χ4v) is 2.31. The van der Waals surface area contributed by atoms with Gasteiger partial charge in [0.1, 0.15) is 11.9 Å². The van der Waals surface area contributed by atoms with E-state index in [9.17, 15) is 9.90 Å². The molecule has 0 saturated heterocycles. The first kappa shape index (κ1) is 14.8. The second-order valence-corrected chi connectivity index (χ2v) is 5.27. The number of aliphatic hydroxyl groups is 1. The summed E-state index contributed by atoms with van der Waals surface area (Å²) in [6, 6.07) is 14.4. The van der Waals surface area contributed by atoms with Gasteiger partial charge in [-0.1, -0.05) is 46.3 Å². The van der Waals surface area contributed by atoms with Crippen LogP contribution in [-0.4, -0.2) is 18.0 Å². The molecule has 2 rings (SSSR count). The average Bonchev–Trinajstić information content (AvgIpc) is 2.49. The molecule has 0 aromatic heterocycles. The number of rotatable bonds is 5. The Hall–Kier alpha value is -1.65. The highest BCUT2D eigenvalue weighted by molar-refractivity contribution is 9.10. The van der Waals surface area contributed by atoms with Crippen LogP contribution in [0.2, 0.25) is 0 Å². The van der Waals surface area contributed by atoms with E-state index in [4.69, 9.17) is 4.74 Å². The van der Waals surface area contributed by atoms with Crippen LogP contribution in [0.1, 0.15) is 17.2 Å². The second kappa shape index (κ2) is 6.68. The zero-order chi connectivity index (χ0) is 14.5. The number of halogens is 1. The molecule has 0 bridgehead atoms. The molecular formula is C16H15BrO3. The van der Waals surface area contributed by atoms with Gasteiger partial charge in [-0.25, -0.2) is 0 Å². The number of hydrogen-bond acceptors (Lipinski definition) is 3. The van der Waals surface area contributed by atoms with E-state index >= 15 is 0 Å². The molecule has 0 spiro atoms. The van der Waals surface area contributed by atoms with Gasteiger partial charge in [-0.3, -0.25) is 4.79 Å². The van der Waals surface area contributed by atoms with Gasteiger partial charge in [0.05, 0.1) is 7.11 Å². The number of carbonyl (C=O) groups excluding carboxylic acids is 1. The van der Waals surface area contributed by atoms with Crippen molar-refractivity contribution in [1.29, 1.82) is 0 Å². The van der Waals surface area contributed by atoms with Crippen molar-refractivity contribution in [3.8, 4) is 5.75 Å². The monoisotopic (exact) mass is 334 g/mol. The maximum absolute atomic E-state index is 12.2. The van der Waals surface area contributed by atoms with Crippen molar-refractivity contribution in [2.45, 2.75) is 12.5 Å². The summed E-state index contributed by atoms with van der Waals surface area (Å²) in [6.07, 6.45) is -0.956. The molecule has 20 heavy (non-hydrogen) atoms. The summed E-state index contributed by atoms with van der Waals surface area (Å²) in [7, 11) is 1.58. The highest BCUT2D eigenvalue weighted by Crippen LogP contribution is 2.25. The highest BCUT2D eigenvalue weighted by Gasteiger charge is 2.18. The van der Waals surface area contributed by atoms with Gasteiger partial charge in [0.25, 0.3) is 0 Å². The molecule has 4 heteroatoms. The summed E-state index contributed by atoms with van der Waals surface area (Å²) in [5.74, 6) is 0.440. The zero-order valence-electron chi connectivity index (χ0n) is 11.0. The standard InChI is InChI=1S/C16H15BrO3/c1-20-13-7-8-14(17)12(9-13)10-15(18)16(19)11-5-3-2-4-6-11/h2-9,16,19H,10H2,1H3. The van der Waals surface area contributed by atoms with Gasteiger partial charge in [0.15, 0.2) is 5.78 Å². The van der Waals surface area contributed by atoms with Gasteiger partial charge in [-0.15, -0.1) is 0 Å². The second-order valence-electron chi connectivity index (χ2n) is 4.41. The van der Waals surface area contributed by atoms with E-state index in [2.05, 4.69) is 15.9 Å². The maximum Gasteiger partial charge on any atom is 0.170 e. The largest absolute Gasteiger partial charge is 0.497 e. The molecule has 0 aliphatic rings. The summed E-state index contributed by atoms with van der Waals surface area (Å²) >= 11 is 3.40. The summed E-state index contributed by atoms with van der Waals surface area (Å²) in [6.45, 7) is 0. The van der Waals surface area contributed by atoms with E-state index < -0.39 is 6.10 Å². The number of methoxy groups -OCH3 is 1. The molecule has 2 aromatic carbocycles. The highest BCUT2D eigenvalue weighted by atomic mass is 79.9. The van der Waals surface area contributed by atoms with E-state index in [1.807, 2.05) is 18.2 Å². The molecule has 1 unspecified atom stereocenters. The summed E-state index contributed by atoms with van der Waals surface area (Å²) in [5, 5.41) is 10.1. The van der Waals surface area contributed by atoms with Gasteiger partial charge in [0.2, 0.25) is 0 Å². The predicted molar refractivity (Wildman–Crippen MR) is 80.8 cm³/mol. The minimum absolute atomic E-state index is 0.147. The van der Waals surface area contributed by atoms with Gasteiger partial charge in [-0.2, -0.15) is 0 Å². The van der Waals surface area contributed by atoms with Gasteiger partial charge in [-0.05, 0) is 29.3 Å². The van der Waals surface area contributed by atoms with Crippen molar-refractivity contribution in [1.82, 2.24) is 0 Å². The maximum atomic E-state index is 12.2. The van der Waals surface area contributed by atoms with Crippen molar-refractivity contribution in [3.63, 3.8) is 0 Å². The molecule has 0 radical (unpaired) electrons. The fraction of sp³-hybridized carbons (Fsp3) is 0.188. The Morgan fingerprint density at radius 2 is 1.95 bits per heavy atom. The Bertz CT molecular complexity index is 596. The first-order valence-electron chi connectivity index (χ1n) is 6.20. The van der Waals surface area contributed by atoms with Crippen LogP contribution in [0.3, 0.4) is 0 Å². The number of Topliss-reactive ketones (excluding diaryl/α,β-unsaturated/α-hetero) is 1. The van der Waals surface area contributed by atoms with Gasteiger partial charge >= 0.3 is 0 Å². The number of benzene rings is 2.